The van der Waals surface area contributed by atoms with E-state index < -0.39 is 0 Å². The number of para-hydroxylation sites is 1. The number of nitrogens with two attached hydrogens (primary N) is 1. The van der Waals surface area contributed by atoms with Crippen LogP contribution in [0.1, 0.15) is 31.2 Å². The Morgan fingerprint density at radius 2 is 2.12 bits per heavy atom. The molecule has 2 N–H and O–H groups in total. The summed E-state index contributed by atoms with van der Waals surface area (Å²) >= 11 is 0. The minimum atomic E-state index is 0.570. The van der Waals surface area contributed by atoms with E-state index in [1.165, 1.54) is 25.7 Å². The molecule has 0 aromatic heterocycles. The molecule has 1 fully saturated rings. The molecular formula is C14H19N3. The fourth-order valence-corrected chi connectivity index (χ4v) is 2.66. The minimum absolute atomic E-state index is 0.570. The summed E-state index contributed by atoms with van der Waals surface area (Å²) in [6.07, 6.45) is 5.35. The number of anilines is 2. The first-order chi connectivity index (χ1) is 8.22. The topological polar surface area (TPSA) is 53.0 Å². The molecule has 90 valence electrons. The molecular weight excluding hydrogens is 210 g/mol. The van der Waals surface area contributed by atoms with Crippen LogP contribution in [0.2, 0.25) is 0 Å². The summed E-state index contributed by atoms with van der Waals surface area (Å²) < 4.78 is 0. The minimum Gasteiger partial charge on any atom is -0.396 e. The second-order valence-electron chi connectivity index (χ2n) is 4.88. The summed E-state index contributed by atoms with van der Waals surface area (Å²) in [5.74, 6) is 0.783. The molecule has 0 radical (unpaired) electrons. The van der Waals surface area contributed by atoms with Crippen molar-refractivity contribution in [1.82, 2.24) is 0 Å². The lowest BCUT2D eigenvalue weighted by molar-refractivity contribution is 0.547. The Labute approximate surface area is 103 Å². The van der Waals surface area contributed by atoms with Gasteiger partial charge in [0.1, 0.15) is 6.07 Å². The summed E-state index contributed by atoms with van der Waals surface area (Å²) in [5, 5.41) is 8.96. The predicted octanol–water partition coefficient (Wildman–Crippen LogP) is 2.77. The van der Waals surface area contributed by atoms with E-state index in [4.69, 9.17) is 11.0 Å². The molecule has 17 heavy (non-hydrogen) atoms. The Kier molecular flexibility index (Phi) is 3.53. The highest BCUT2D eigenvalue weighted by atomic mass is 15.1. The number of benzene rings is 1. The van der Waals surface area contributed by atoms with Gasteiger partial charge >= 0.3 is 0 Å². The molecule has 0 bridgehead atoms. The molecule has 0 aliphatic heterocycles. The zero-order chi connectivity index (χ0) is 12.3. The van der Waals surface area contributed by atoms with Crippen molar-refractivity contribution in [2.24, 2.45) is 5.92 Å². The van der Waals surface area contributed by atoms with Crippen LogP contribution in [0.4, 0.5) is 11.4 Å². The molecule has 1 aliphatic carbocycles. The largest absolute Gasteiger partial charge is 0.396 e. The average molecular weight is 229 g/mol. The smallest absolute Gasteiger partial charge is 0.101 e. The lowest BCUT2D eigenvalue weighted by atomic mass is 10.1. The van der Waals surface area contributed by atoms with E-state index in [-0.39, 0.29) is 0 Å². The first-order valence-corrected chi connectivity index (χ1v) is 6.22. The number of rotatable bonds is 3. The number of nitrogens with zero attached hydrogens (tertiary/aromatic N) is 2. The summed E-state index contributed by atoms with van der Waals surface area (Å²) in [5.41, 5.74) is 8.16. The fraction of sp³-hybridized carbons (Fsp3) is 0.500. The molecule has 1 saturated carbocycles. The van der Waals surface area contributed by atoms with Crippen LogP contribution in [0.5, 0.6) is 0 Å². The molecule has 3 nitrogen and oxygen atoms in total. The van der Waals surface area contributed by atoms with E-state index in [2.05, 4.69) is 18.0 Å². The highest BCUT2D eigenvalue weighted by Gasteiger charge is 2.18. The molecule has 2 rings (SSSR count). The van der Waals surface area contributed by atoms with Crippen LogP contribution < -0.4 is 10.6 Å². The Morgan fingerprint density at radius 3 is 2.76 bits per heavy atom. The summed E-state index contributed by atoms with van der Waals surface area (Å²) in [6, 6.07) is 7.79. The van der Waals surface area contributed by atoms with E-state index in [0.29, 0.717) is 11.3 Å². The standard InChI is InChI=1S/C14H19N3/c1-17(10-11-5-2-3-6-11)13-8-4-7-12(9-15)14(13)16/h4,7-8,11H,2-3,5-6,10,16H2,1H3. The van der Waals surface area contributed by atoms with Gasteiger partial charge in [0, 0.05) is 13.6 Å². The first-order valence-electron chi connectivity index (χ1n) is 6.22. The molecule has 0 unspecified atom stereocenters. The van der Waals surface area contributed by atoms with Crippen LogP contribution in [0.3, 0.4) is 0 Å². The van der Waals surface area contributed by atoms with Crippen molar-refractivity contribution in [3.8, 4) is 6.07 Å². The molecule has 1 aromatic carbocycles. The lowest BCUT2D eigenvalue weighted by Crippen LogP contribution is -2.25. The van der Waals surface area contributed by atoms with E-state index in [0.717, 1.165) is 18.2 Å². The summed E-state index contributed by atoms with van der Waals surface area (Å²) in [6.45, 7) is 1.04. The van der Waals surface area contributed by atoms with Gasteiger partial charge in [-0.15, -0.1) is 0 Å². The molecule has 0 saturated heterocycles. The van der Waals surface area contributed by atoms with E-state index >= 15 is 0 Å². The second kappa shape index (κ2) is 5.09. The van der Waals surface area contributed by atoms with E-state index in [9.17, 15) is 0 Å². The monoisotopic (exact) mass is 229 g/mol. The molecule has 3 heteroatoms. The molecule has 0 spiro atoms. The summed E-state index contributed by atoms with van der Waals surface area (Å²) in [7, 11) is 2.06. The van der Waals surface area contributed by atoms with Gasteiger partial charge in [0.2, 0.25) is 0 Å². The third-order valence-corrected chi connectivity index (χ3v) is 3.62. The maximum atomic E-state index is 8.96. The van der Waals surface area contributed by atoms with Crippen LogP contribution in [0.25, 0.3) is 0 Å². The molecule has 1 aromatic rings. The Morgan fingerprint density at radius 1 is 1.41 bits per heavy atom. The molecule has 0 amide bonds. The predicted molar refractivity (Wildman–Crippen MR) is 70.8 cm³/mol. The average Bonchev–Trinajstić information content (AvgIpc) is 2.82. The van der Waals surface area contributed by atoms with Crippen molar-refractivity contribution in [2.45, 2.75) is 25.7 Å². The van der Waals surface area contributed by atoms with Gasteiger partial charge in [-0.05, 0) is 30.9 Å². The van der Waals surface area contributed by atoms with Crippen LogP contribution in [0.15, 0.2) is 18.2 Å². The van der Waals surface area contributed by atoms with Crippen molar-refractivity contribution < 1.29 is 0 Å². The molecule has 1 aliphatic rings. The van der Waals surface area contributed by atoms with Crippen molar-refractivity contribution in [2.75, 3.05) is 24.2 Å². The summed E-state index contributed by atoms with van der Waals surface area (Å²) in [4.78, 5) is 2.19. The van der Waals surface area contributed by atoms with Gasteiger partial charge in [-0.2, -0.15) is 5.26 Å². The van der Waals surface area contributed by atoms with E-state index in [1.807, 2.05) is 12.1 Å². The number of nitrogen functional groups attached to an aromatic ring is 1. The van der Waals surface area contributed by atoms with Gasteiger partial charge in [-0.3, -0.25) is 0 Å². The van der Waals surface area contributed by atoms with Crippen molar-refractivity contribution >= 4 is 11.4 Å². The van der Waals surface area contributed by atoms with Crippen LogP contribution >= 0.6 is 0 Å². The number of nitriles is 1. The normalized spacial score (nSPS) is 15.8. The lowest BCUT2D eigenvalue weighted by Gasteiger charge is -2.24. The number of hydrogen-bond acceptors (Lipinski definition) is 3. The van der Waals surface area contributed by atoms with Gasteiger partial charge in [-0.25, -0.2) is 0 Å². The van der Waals surface area contributed by atoms with Crippen LogP contribution in [-0.4, -0.2) is 13.6 Å². The molecule has 0 atom stereocenters. The third-order valence-electron chi connectivity index (χ3n) is 3.62. The van der Waals surface area contributed by atoms with Crippen molar-refractivity contribution in [3.63, 3.8) is 0 Å². The molecule has 0 heterocycles. The maximum absolute atomic E-state index is 8.96. The zero-order valence-corrected chi connectivity index (χ0v) is 10.3. The Hall–Kier alpha value is -1.69. The maximum Gasteiger partial charge on any atom is 0.101 e. The quantitative estimate of drug-likeness (QED) is 0.811. The van der Waals surface area contributed by atoms with Crippen LogP contribution in [0, 0.1) is 17.2 Å². The van der Waals surface area contributed by atoms with Gasteiger partial charge in [0.25, 0.3) is 0 Å². The van der Waals surface area contributed by atoms with Crippen molar-refractivity contribution in [1.29, 1.82) is 5.26 Å². The highest BCUT2D eigenvalue weighted by molar-refractivity contribution is 5.73. The zero-order valence-electron chi connectivity index (χ0n) is 10.3. The Balaban J connectivity index is 2.13. The third kappa shape index (κ3) is 2.52. The van der Waals surface area contributed by atoms with Gasteiger partial charge in [-0.1, -0.05) is 18.9 Å². The van der Waals surface area contributed by atoms with E-state index in [1.54, 1.807) is 6.07 Å². The van der Waals surface area contributed by atoms with Crippen molar-refractivity contribution in [3.05, 3.63) is 23.8 Å². The van der Waals surface area contributed by atoms with Gasteiger partial charge < -0.3 is 10.6 Å². The Bertz CT molecular complexity index is 428. The highest BCUT2D eigenvalue weighted by Crippen LogP contribution is 2.30. The first kappa shape index (κ1) is 11.8. The fourth-order valence-electron chi connectivity index (χ4n) is 2.66. The second-order valence-corrected chi connectivity index (χ2v) is 4.88. The van der Waals surface area contributed by atoms with Gasteiger partial charge in [0.05, 0.1) is 16.9 Å². The van der Waals surface area contributed by atoms with Crippen LogP contribution in [-0.2, 0) is 0 Å². The SMILES string of the molecule is CN(CC1CCCC1)c1cccc(C#N)c1N. The van der Waals surface area contributed by atoms with Gasteiger partial charge in [0.15, 0.2) is 0 Å². The number of hydrogen-bond donors (Lipinski definition) is 1.